The van der Waals surface area contributed by atoms with Crippen LogP contribution in [0.25, 0.3) is 0 Å². The molecule has 1 fully saturated rings. The van der Waals surface area contributed by atoms with E-state index in [1.54, 1.807) is 0 Å². The van der Waals surface area contributed by atoms with Gasteiger partial charge in [0.15, 0.2) is 0 Å². The Hall–Kier alpha value is -0.160. The minimum atomic E-state index is 0.0174. The summed E-state index contributed by atoms with van der Waals surface area (Å²) in [6.45, 7) is 14.0. The van der Waals surface area contributed by atoms with Crippen LogP contribution in [-0.2, 0) is 9.47 Å². The van der Waals surface area contributed by atoms with E-state index in [1.807, 2.05) is 6.92 Å². The van der Waals surface area contributed by atoms with Crippen molar-refractivity contribution in [3.05, 3.63) is 0 Å². The Bertz CT molecular complexity index is 186. The zero-order chi connectivity index (χ0) is 11.9. The Morgan fingerprint density at radius 2 is 2.19 bits per heavy atom. The minimum Gasteiger partial charge on any atom is -0.380 e. The van der Waals surface area contributed by atoms with Crippen molar-refractivity contribution in [2.45, 2.75) is 26.4 Å². The zero-order valence-electron chi connectivity index (χ0n) is 10.9. The van der Waals surface area contributed by atoms with Gasteiger partial charge in [-0.3, -0.25) is 4.90 Å². The first-order chi connectivity index (χ1) is 7.64. The van der Waals surface area contributed by atoms with Gasteiger partial charge < -0.3 is 14.8 Å². The first kappa shape index (κ1) is 13.9. The van der Waals surface area contributed by atoms with Gasteiger partial charge in [0.05, 0.1) is 18.8 Å². The van der Waals surface area contributed by atoms with Crippen LogP contribution in [0.3, 0.4) is 0 Å². The highest BCUT2D eigenvalue weighted by Crippen LogP contribution is 2.15. The van der Waals surface area contributed by atoms with Gasteiger partial charge in [0.25, 0.3) is 0 Å². The van der Waals surface area contributed by atoms with Crippen LogP contribution in [0.1, 0.15) is 20.8 Å². The van der Waals surface area contributed by atoms with E-state index in [0.717, 1.165) is 52.5 Å². The van der Waals surface area contributed by atoms with Gasteiger partial charge in [0, 0.05) is 39.3 Å². The minimum absolute atomic E-state index is 0.0174. The van der Waals surface area contributed by atoms with Crippen molar-refractivity contribution in [2.24, 2.45) is 0 Å². The SMILES string of the molecule is CCOCCNCCN1CCOC(C)(C)C1. The number of ether oxygens (including phenoxy) is 2. The summed E-state index contributed by atoms with van der Waals surface area (Å²) >= 11 is 0. The lowest BCUT2D eigenvalue weighted by Crippen LogP contribution is -2.49. The molecule has 0 aromatic carbocycles. The van der Waals surface area contributed by atoms with Crippen LogP contribution < -0.4 is 5.32 Å². The lowest BCUT2D eigenvalue weighted by Gasteiger charge is -2.38. The fourth-order valence-electron chi connectivity index (χ4n) is 1.96. The second-order valence-corrected chi connectivity index (χ2v) is 4.83. The number of hydrogen-bond donors (Lipinski definition) is 1. The molecule has 0 aliphatic carbocycles. The molecule has 16 heavy (non-hydrogen) atoms. The average Bonchev–Trinajstić information content (AvgIpc) is 2.22. The number of rotatable bonds is 7. The molecule has 4 heteroatoms. The molecule has 1 aliphatic rings. The Labute approximate surface area is 99.3 Å². The van der Waals surface area contributed by atoms with Crippen molar-refractivity contribution in [2.75, 3.05) is 52.5 Å². The Morgan fingerprint density at radius 1 is 1.38 bits per heavy atom. The van der Waals surface area contributed by atoms with Crippen LogP contribution in [0, 0.1) is 0 Å². The van der Waals surface area contributed by atoms with Gasteiger partial charge >= 0.3 is 0 Å². The second kappa shape index (κ2) is 7.22. The normalized spacial score (nSPS) is 21.2. The standard InChI is InChI=1S/C12H26N2O2/c1-4-15-9-6-13-5-7-14-8-10-16-12(2,3)11-14/h13H,4-11H2,1-3H3. The molecule has 1 rings (SSSR count). The third-order valence-corrected chi connectivity index (χ3v) is 2.74. The molecule has 0 saturated carbocycles. The molecule has 0 bridgehead atoms. The molecule has 0 radical (unpaired) electrons. The zero-order valence-corrected chi connectivity index (χ0v) is 10.9. The van der Waals surface area contributed by atoms with Gasteiger partial charge in [-0.15, -0.1) is 0 Å². The fraction of sp³-hybridized carbons (Fsp3) is 1.00. The quantitative estimate of drug-likeness (QED) is 0.654. The van der Waals surface area contributed by atoms with E-state index in [2.05, 4.69) is 24.1 Å². The smallest absolute Gasteiger partial charge is 0.0753 e. The molecule has 4 nitrogen and oxygen atoms in total. The molecule has 0 amide bonds. The maximum atomic E-state index is 5.67. The van der Waals surface area contributed by atoms with Gasteiger partial charge in [-0.2, -0.15) is 0 Å². The van der Waals surface area contributed by atoms with E-state index in [0.29, 0.717) is 0 Å². The highest BCUT2D eigenvalue weighted by Gasteiger charge is 2.26. The number of hydrogen-bond acceptors (Lipinski definition) is 4. The van der Waals surface area contributed by atoms with Crippen LogP contribution in [0.2, 0.25) is 0 Å². The van der Waals surface area contributed by atoms with Crippen molar-refractivity contribution >= 4 is 0 Å². The van der Waals surface area contributed by atoms with E-state index in [9.17, 15) is 0 Å². The molecule has 1 N–H and O–H groups in total. The lowest BCUT2D eigenvalue weighted by molar-refractivity contribution is -0.0854. The molecule has 1 aliphatic heterocycles. The summed E-state index contributed by atoms with van der Waals surface area (Å²) in [6.07, 6.45) is 0. The molecule has 0 aromatic heterocycles. The predicted octanol–water partition coefficient (Wildman–Crippen LogP) is 0.723. The van der Waals surface area contributed by atoms with Crippen molar-refractivity contribution in [1.82, 2.24) is 10.2 Å². The number of morpholine rings is 1. The summed E-state index contributed by atoms with van der Waals surface area (Å²) in [6, 6.07) is 0. The molecule has 96 valence electrons. The van der Waals surface area contributed by atoms with Crippen LogP contribution in [-0.4, -0.2) is 63.0 Å². The summed E-state index contributed by atoms with van der Waals surface area (Å²) in [7, 11) is 0. The Kier molecular flexibility index (Phi) is 6.28. The van der Waals surface area contributed by atoms with Crippen molar-refractivity contribution < 1.29 is 9.47 Å². The molecule has 1 heterocycles. The molecule has 0 aromatic rings. The summed E-state index contributed by atoms with van der Waals surface area (Å²) in [4.78, 5) is 2.46. The molecular weight excluding hydrogens is 204 g/mol. The monoisotopic (exact) mass is 230 g/mol. The van der Waals surface area contributed by atoms with Gasteiger partial charge in [-0.25, -0.2) is 0 Å². The summed E-state index contributed by atoms with van der Waals surface area (Å²) < 4.78 is 10.9. The fourth-order valence-corrected chi connectivity index (χ4v) is 1.96. The van der Waals surface area contributed by atoms with Crippen molar-refractivity contribution in [3.8, 4) is 0 Å². The molecule has 0 unspecified atom stereocenters. The average molecular weight is 230 g/mol. The molecular formula is C12H26N2O2. The maximum absolute atomic E-state index is 5.67. The van der Waals surface area contributed by atoms with Crippen molar-refractivity contribution in [3.63, 3.8) is 0 Å². The van der Waals surface area contributed by atoms with E-state index < -0.39 is 0 Å². The number of nitrogens with one attached hydrogen (secondary N) is 1. The third kappa shape index (κ3) is 5.80. The highest BCUT2D eigenvalue weighted by atomic mass is 16.5. The lowest BCUT2D eigenvalue weighted by atomic mass is 10.1. The van der Waals surface area contributed by atoms with E-state index in [-0.39, 0.29) is 5.60 Å². The summed E-state index contributed by atoms with van der Waals surface area (Å²) in [5.41, 5.74) is 0.0174. The number of nitrogens with zero attached hydrogens (tertiary/aromatic N) is 1. The van der Waals surface area contributed by atoms with E-state index >= 15 is 0 Å². The summed E-state index contributed by atoms with van der Waals surface area (Å²) in [5, 5.41) is 3.39. The predicted molar refractivity (Wildman–Crippen MR) is 65.8 cm³/mol. The van der Waals surface area contributed by atoms with Crippen LogP contribution in [0.15, 0.2) is 0 Å². The molecule has 0 atom stereocenters. The van der Waals surface area contributed by atoms with Crippen molar-refractivity contribution in [1.29, 1.82) is 0 Å². The molecule has 1 saturated heterocycles. The first-order valence-corrected chi connectivity index (χ1v) is 6.29. The maximum Gasteiger partial charge on any atom is 0.0753 e. The van der Waals surface area contributed by atoms with Crippen LogP contribution >= 0.6 is 0 Å². The van der Waals surface area contributed by atoms with E-state index in [1.165, 1.54) is 0 Å². The van der Waals surface area contributed by atoms with Gasteiger partial charge in [0.2, 0.25) is 0 Å². The van der Waals surface area contributed by atoms with E-state index in [4.69, 9.17) is 9.47 Å². The topological polar surface area (TPSA) is 33.7 Å². The van der Waals surface area contributed by atoms with Gasteiger partial charge in [-0.1, -0.05) is 0 Å². The largest absolute Gasteiger partial charge is 0.380 e. The van der Waals surface area contributed by atoms with Gasteiger partial charge in [0.1, 0.15) is 0 Å². The van der Waals surface area contributed by atoms with Crippen LogP contribution in [0.4, 0.5) is 0 Å². The third-order valence-electron chi connectivity index (χ3n) is 2.74. The highest BCUT2D eigenvalue weighted by molar-refractivity contribution is 4.79. The first-order valence-electron chi connectivity index (χ1n) is 6.29. The van der Waals surface area contributed by atoms with Gasteiger partial charge in [-0.05, 0) is 20.8 Å². The molecule has 0 spiro atoms. The Balaban J connectivity index is 2.00. The second-order valence-electron chi connectivity index (χ2n) is 4.83. The Morgan fingerprint density at radius 3 is 2.88 bits per heavy atom. The summed E-state index contributed by atoms with van der Waals surface area (Å²) in [5.74, 6) is 0. The van der Waals surface area contributed by atoms with Crippen LogP contribution in [0.5, 0.6) is 0 Å².